The topological polar surface area (TPSA) is 72.2 Å². The third kappa shape index (κ3) is 4.05. The second kappa shape index (κ2) is 9.22. The van der Waals surface area contributed by atoms with Crippen molar-refractivity contribution in [2.75, 3.05) is 26.2 Å². The molecule has 0 radical (unpaired) electrons. The normalized spacial score (nSPS) is 12.7. The Morgan fingerprint density at radius 1 is 1.17 bits per heavy atom. The van der Waals surface area contributed by atoms with Crippen LogP contribution in [0.4, 0.5) is 0 Å². The molecule has 0 aliphatic carbocycles. The number of nitrogens with one attached hydrogen (secondary N) is 1. The van der Waals surface area contributed by atoms with Gasteiger partial charge in [0, 0.05) is 24.4 Å². The highest BCUT2D eigenvalue weighted by Gasteiger charge is 2.25. The zero-order valence-electron chi connectivity index (χ0n) is 17.8. The van der Waals surface area contributed by atoms with Crippen molar-refractivity contribution in [2.45, 2.75) is 39.7 Å². The summed E-state index contributed by atoms with van der Waals surface area (Å²) in [6.45, 7) is 9.89. The third-order valence-electron chi connectivity index (χ3n) is 5.65. The van der Waals surface area contributed by atoms with Crippen molar-refractivity contribution < 1.29 is 4.79 Å². The number of aromatic nitrogens is 3. The van der Waals surface area contributed by atoms with Gasteiger partial charge in [0.2, 0.25) is 5.91 Å². The number of para-hydroxylation sites is 1. The van der Waals surface area contributed by atoms with E-state index in [1.54, 1.807) is 13.2 Å². The van der Waals surface area contributed by atoms with Gasteiger partial charge in [0.05, 0.1) is 11.7 Å². The smallest absolute Gasteiger partial charge is 0.291 e. The molecule has 7 heteroatoms. The molecule has 156 valence electrons. The van der Waals surface area contributed by atoms with E-state index in [1.165, 1.54) is 4.68 Å². The number of amides is 1. The van der Waals surface area contributed by atoms with Crippen LogP contribution in [0.15, 0.2) is 35.3 Å². The summed E-state index contributed by atoms with van der Waals surface area (Å²) in [6.07, 6.45) is 3.22. The van der Waals surface area contributed by atoms with E-state index >= 15 is 0 Å². The lowest BCUT2D eigenvalue weighted by molar-refractivity contribution is -0.124. The van der Waals surface area contributed by atoms with E-state index in [-0.39, 0.29) is 11.5 Å². The zero-order valence-corrected chi connectivity index (χ0v) is 17.8. The van der Waals surface area contributed by atoms with Crippen molar-refractivity contribution in [3.8, 4) is 0 Å². The lowest BCUT2D eigenvalue weighted by atomic mass is 10.2. The molecular formula is C22H31N5O2. The average Bonchev–Trinajstić information content (AvgIpc) is 3.06. The monoisotopic (exact) mass is 397 g/mol. The molecule has 1 N–H and O–H groups in total. The zero-order chi connectivity index (χ0) is 21.0. The number of benzene rings is 1. The molecule has 1 amide bonds. The van der Waals surface area contributed by atoms with Crippen LogP contribution in [0.5, 0.6) is 0 Å². The molecule has 0 aliphatic rings. The first kappa shape index (κ1) is 21.0. The highest BCUT2D eigenvalue weighted by Crippen LogP contribution is 2.30. The molecule has 0 bridgehead atoms. The standard InChI is InChI=1S/C22H31N5O2/c1-5-18(21(28)23-13-10-14-26(6-2)7-3)27-19-12-9-8-11-16(19)17-15-24-25(4)22(29)20(17)27/h8-9,11-12,15,18H,5-7,10,13-14H2,1-4H3,(H,23,28). The summed E-state index contributed by atoms with van der Waals surface area (Å²) in [5.74, 6) is -0.0476. The molecule has 7 nitrogen and oxygen atoms in total. The quantitative estimate of drug-likeness (QED) is 0.564. The van der Waals surface area contributed by atoms with Gasteiger partial charge in [0.15, 0.2) is 0 Å². The molecule has 29 heavy (non-hydrogen) atoms. The SMILES string of the molecule is CCC(C(=O)NCCCN(CC)CC)n1c2ccccc2c2cnn(C)c(=O)c21. The Morgan fingerprint density at radius 3 is 2.59 bits per heavy atom. The minimum atomic E-state index is -0.444. The number of hydrogen-bond acceptors (Lipinski definition) is 4. The first-order chi connectivity index (χ1) is 14.0. The van der Waals surface area contributed by atoms with E-state index in [0.717, 1.165) is 42.3 Å². The fourth-order valence-electron chi connectivity index (χ4n) is 3.97. The Balaban J connectivity index is 1.93. The van der Waals surface area contributed by atoms with E-state index in [9.17, 15) is 9.59 Å². The Kier molecular flexibility index (Phi) is 6.69. The highest BCUT2D eigenvalue weighted by atomic mass is 16.2. The Labute approximate surface area is 171 Å². The van der Waals surface area contributed by atoms with Crippen molar-refractivity contribution in [2.24, 2.45) is 7.05 Å². The second-order valence-electron chi connectivity index (χ2n) is 7.32. The van der Waals surface area contributed by atoms with Gasteiger partial charge in [-0.05, 0) is 38.5 Å². The maximum atomic E-state index is 13.1. The van der Waals surface area contributed by atoms with Gasteiger partial charge in [-0.1, -0.05) is 39.0 Å². The molecule has 1 aromatic carbocycles. The van der Waals surface area contributed by atoms with Gasteiger partial charge in [0.1, 0.15) is 11.6 Å². The van der Waals surface area contributed by atoms with Crippen LogP contribution in [0.3, 0.4) is 0 Å². The Hall–Kier alpha value is -2.67. The minimum absolute atomic E-state index is 0.0476. The fourth-order valence-corrected chi connectivity index (χ4v) is 3.97. The number of rotatable bonds is 9. The maximum absolute atomic E-state index is 13.1. The molecule has 3 aromatic rings. The number of hydrogen-bond donors (Lipinski definition) is 1. The van der Waals surface area contributed by atoms with Crippen molar-refractivity contribution >= 4 is 27.7 Å². The molecule has 3 rings (SSSR count). The van der Waals surface area contributed by atoms with E-state index in [1.807, 2.05) is 35.8 Å². The Morgan fingerprint density at radius 2 is 1.90 bits per heavy atom. The van der Waals surface area contributed by atoms with Gasteiger partial charge >= 0.3 is 0 Å². The first-order valence-corrected chi connectivity index (χ1v) is 10.5. The van der Waals surface area contributed by atoms with Crippen molar-refractivity contribution in [3.63, 3.8) is 0 Å². The summed E-state index contributed by atoms with van der Waals surface area (Å²) in [5, 5.41) is 8.99. The number of carbonyl (C=O) groups excluding carboxylic acids is 1. The summed E-state index contributed by atoms with van der Waals surface area (Å²) < 4.78 is 3.22. The van der Waals surface area contributed by atoms with Gasteiger partial charge in [-0.25, -0.2) is 4.68 Å². The van der Waals surface area contributed by atoms with Gasteiger partial charge in [-0.3, -0.25) is 9.59 Å². The summed E-state index contributed by atoms with van der Waals surface area (Å²) >= 11 is 0. The van der Waals surface area contributed by atoms with Crippen LogP contribution in [0.2, 0.25) is 0 Å². The third-order valence-corrected chi connectivity index (χ3v) is 5.65. The molecule has 2 heterocycles. The number of carbonyl (C=O) groups is 1. The van der Waals surface area contributed by atoms with Crippen molar-refractivity contribution in [1.82, 2.24) is 24.6 Å². The van der Waals surface area contributed by atoms with E-state index < -0.39 is 6.04 Å². The summed E-state index contributed by atoms with van der Waals surface area (Å²) in [4.78, 5) is 28.3. The van der Waals surface area contributed by atoms with Crippen LogP contribution < -0.4 is 10.9 Å². The van der Waals surface area contributed by atoms with Crippen molar-refractivity contribution in [3.05, 3.63) is 40.8 Å². The lowest BCUT2D eigenvalue weighted by Gasteiger charge is -2.21. The van der Waals surface area contributed by atoms with Crippen LogP contribution in [0.1, 0.15) is 39.7 Å². The van der Waals surface area contributed by atoms with Crippen LogP contribution in [-0.4, -0.2) is 51.3 Å². The number of fused-ring (bicyclic) bond motifs is 3. The molecule has 0 saturated heterocycles. The molecule has 0 saturated carbocycles. The van der Waals surface area contributed by atoms with Gasteiger partial charge in [-0.15, -0.1) is 0 Å². The maximum Gasteiger partial charge on any atom is 0.291 e. The molecule has 0 aliphatic heterocycles. The van der Waals surface area contributed by atoms with Gasteiger partial charge < -0.3 is 14.8 Å². The average molecular weight is 398 g/mol. The van der Waals surface area contributed by atoms with Crippen LogP contribution in [0.25, 0.3) is 21.8 Å². The summed E-state index contributed by atoms with van der Waals surface area (Å²) in [5.41, 5.74) is 1.23. The Bertz CT molecular complexity index is 1050. The van der Waals surface area contributed by atoms with Gasteiger partial charge in [0.25, 0.3) is 5.56 Å². The predicted molar refractivity (Wildman–Crippen MR) is 117 cm³/mol. The molecule has 1 unspecified atom stereocenters. The highest BCUT2D eigenvalue weighted by molar-refractivity contribution is 6.08. The molecule has 0 fully saturated rings. The minimum Gasteiger partial charge on any atom is -0.354 e. The van der Waals surface area contributed by atoms with Crippen LogP contribution in [0, 0.1) is 0 Å². The van der Waals surface area contributed by atoms with Gasteiger partial charge in [-0.2, -0.15) is 5.10 Å². The molecule has 2 aromatic heterocycles. The molecule has 1 atom stereocenters. The fraction of sp³-hybridized carbons (Fsp3) is 0.500. The first-order valence-electron chi connectivity index (χ1n) is 10.5. The van der Waals surface area contributed by atoms with Crippen molar-refractivity contribution in [1.29, 1.82) is 0 Å². The van der Waals surface area contributed by atoms with Crippen LogP contribution in [-0.2, 0) is 11.8 Å². The molecule has 0 spiro atoms. The summed E-state index contributed by atoms with van der Waals surface area (Å²) in [7, 11) is 1.64. The number of nitrogens with zero attached hydrogens (tertiary/aromatic N) is 4. The van der Waals surface area contributed by atoms with E-state index in [0.29, 0.717) is 18.5 Å². The largest absolute Gasteiger partial charge is 0.354 e. The molecular weight excluding hydrogens is 366 g/mol. The summed E-state index contributed by atoms with van der Waals surface area (Å²) in [6, 6.07) is 7.37. The van der Waals surface area contributed by atoms with E-state index in [2.05, 4.69) is 29.2 Å². The van der Waals surface area contributed by atoms with E-state index in [4.69, 9.17) is 0 Å². The lowest BCUT2D eigenvalue weighted by Crippen LogP contribution is -2.35. The van der Waals surface area contributed by atoms with Crippen LogP contribution >= 0.6 is 0 Å². The predicted octanol–water partition coefficient (Wildman–Crippen LogP) is 2.69. The number of aryl methyl sites for hydroxylation is 1. The second-order valence-corrected chi connectivity index (χ2v) is 7.32.